The smallest absolute Gasteiger partial charge is 0.187 e. The SMILES string of the molecule is N#CCNC=CC(=O)c1ccccc1. The van der Waals surface area contributed by atoms with Gasteiger partial charge in [-0.2, -0.15) is 5.26 Å². The normalized spacial score (nSPS) is 9.64. The highest BCUT2D eigenvalue weighted by Gasteiger charge is 1.97. The highest BCUT2D eigenvalue weighted by Crippen LogP contribution is 1.99. The van der Waals surface area contributed by atoms with Crippen molar-refractivity contribution >= 4 is 5.78 Å². The summed E-state index contributed by atoms with van der Waals surface area (Å²) in [6.07, 6.45) is 2.89. The van der Waals surface area contributed by atoms with E-state index in [0.717, 1.165) is 0 Å². The monoisotopic (exact) mass is 186 g/mol. The van der Waals surface area contributed by atoms with Gasteiger partial charge in [0.15, 0.2) is 5.78 Å². The average molecular weight is 186 g/mol. The summed E-state index contributed by atoms with van der Waals surface area (Å²) in [6, 6.07) is 10.9. The van der Waals surface area contributed by atoms with E-state index in [0.29, 0.717) is 5.56 Å². The molecule has 0 radical (unpaired) electrons. The third kappa shape index (κ3) is 3.11. The summed E-state index contributed by atoms with van der Waals surface area (Å²) >= 11 is 0. The van der Waals surface area contributed by atoms with Crippen LogP contribution < -0.4 is 5.32 Å². The van der Waals surface area contributed by atoms with Crippen LogP contribution in [0.4, 0.5) is 0 Å². The van der Waals surface area contributed by atoms with Crippen LogP contribution in [0, 0.1) is 11.3 Å². The number of ketones is 1. The van der Waals surface area contributed by atoms with Crippen molar-refractivity contribution in [2.45, 2.75) is 0 Å². The zero-order chi connectivity index (χ0) is 10.2. The Balaban J connectivity index is 2.52. The van der Waals surface area contributed by atoms with E-state index in [4.69, 9.17) is 5.26 Å². The van der Waals surface area contributed by atoms with Gasteiger partial charge in [-0.25, -0.2) is 0 Å². The Kier molecular flexibility index (Phi) is 3.96. The molecule has 0 bridgehead atoms. The first-order valence-corrected chi connectivity index (χ1v) is 4.21. The van der Waals surface area contributed by atoms with Crippen molar-refractivity contribution in [2.75, 3.05) is 6.54 Å². The van der Waals surface area contributed by atoms with E-state index in [1.807, 2.05) is 24.3 Å². The lowest BCUT2D eigenvalue weighted by atomic mass is 10.1. The van der Waals surface area contributed by atoms with Gasteiger partial charge in [0.25, 0.3) is 0 Å². The standard InChI is InChI=1S/C11H10N2O/c12-7-9-13-8-6-11(14)10-4-2-1-3-5-10/h1-6,8,13H,9H2. The first kappa shape index (κ1) is 10.0. The number of nitriles is 1. The van der Waals surface area contributed by atoms with Crippen LogP contribution in [0.3, 0.4) is 0 Å². The summed E-state index contributed by atoms with van der Waals surface area (Å²) in [5.41, 5.74) is 0.641. The number of hydrogen-bond donors (Lipinski definition) is 1. The third-order valence-electron chi connectivity index (χ3n) is 1.59. The van der Waals surface area contributed by atoms with E-state index in [2.05, 4.69) is 5.32 Å². The topological polar surface area (TPSA) is 52.9 Å². The van der Waals surface area contributed by atoms with Gasteiger partial charge in [-0.15, -0.1) is 0 Å². The molecule has 0 aliphatic rings. The number of nitrogens with zero attached hydrogens (tertiary/aromatic N) is 1. The maximum atomic E-state index is 11.4. The zero-order valence-corrected chi connectivity index (χ0v) is 7.60. The summed E-state index contributed by atoms with van der Waals surface area (Å²) in [6.45, 7) is 0.207. The minimum absolute atomic E-state index is 0.0731. The Labute approximate surface area is 82.7 Å². The maximum absolute atomic E-state index is 11.4. The van der Waals surface area contributed by atoms with Crippen molar-refractivity contribution in [3.8, 4) is 6.07 Å². The Morgan fingerprint density at radius 3 is 2.79 bits per heavy atom. The number of benzene rings is 1. The molecular formula is C11H10N2O. The van der Waals surface area contributed by atoms with Gasteiger partial charge in [0.05, 0.1) is 6.07 Å². The van der Waals surface area contributed by atoms with Crippen LogP contribution in [0.15, 0.2) is 42.6 Å². The van der Waals surface area contributed by atoms with Crippen molar-refractivity contribution in [1.82, 2.24) is 5.32 Å². The van der Waals surface area contributed by atoms with Crippen molar-refractivity contribution in [1.29, 1.82) is 5.26 Å². The molecule has 0 spiro atoms. The molecule has 3 heteroatoms. The molecule has 0 aromatic heterocycles. The molecule has 70 valence electrons. The molecule has 0 fully saturated rings. The summed E-state index contributed by atoms with van der Waals surface area (Å²) in [5, 5.41) is 10.9. The molecule has 14 heavy (non-hydrogen) atoms. The number of nitrogens with one attached hydrogen (secondary N) is 1. The highest BCUT2D eigenvalue weighted by molar-refractivity contribution is 6.04. The molecule has 0 unspecified atom stereocenters. The fourth-order valence-corrected chi connectivity index (χ4v) is 0.938. The molecular weight excluding hydrogens is 176 g/mol. The highest BCUT2D eigenvalue weighted by atomic mass is 16.1. The van der Waals surface area contributed by atoms with Gasteiger partial charge in [0, 0.05) is 17.8 Å². The molecule has 0 saturated heterocycles. The van der Waals surface area contributed by atoms with Gasteiger partial charge in [-0.3, -0.25) is 4.79 Å². The van der Waals surface area contributed by atoms with Crippen LogP contribution in [0.25, 0.3) is 0 Å². The number of rotatable bonds is 4. The molecule has 3 nitrogen and oxygen atoms in total. The van der Waals surface area contributed by atoms with Crippen LogP contribution in [0.2, 0.25) is 0 Å². The fraction of sp³-hybridized carbons (Fsp3) is 0.0909. The van der Waals surface area contributed by atoms with Crippen LogP contribution >= 0.6 is 0 Å². The van der Waals surface area contributed by atoms with Crippen molar-refractivity contribution < 1.29 is 4.79 Å². The maximum Gasteiger partial charge on any atom is 0.187 e. The van der Waals surface area contributed by atoms with E-state index in [-0.39, 0.29) is 12.3 Å². The molecule has 1 N–H and O–H groups in total. The summed E-state index contributed by atoms with van der Waals surface area (Å²) in [7, 11) is 0. The van der Waals surface area contributed by atoms with E-state index < -0.39 is 0 Å². The van der Waals surface area contributed by atoms with Crippen molar-refractivity contribution in [2.24, 2.45) is 0 Å². The van der Waals surface area contributed by atoms with Gasteiger partial charge in [0.2, 0.25) is 0 Å². The average Bonchev–Trinajstić information content (AvgIpc) is 2.25. The first-order valence-electron chi connectivity index (χ1n) is 4.21. The summed E-state index contributed by atoms with van der Waals surface area (Å²) in [5.74, 6) is -0.0731. The van der Waals surface area contributed by atoms with Crippen LogP contribution in [0.5, 0.6) is 0 Å². The van der Waals surface area contributed by atoms with Gasteiger partial charge in [-0.1, -0.05) is 30.3 Å². The lowest BCUT2D eigenvalue weighted by Gasteiger charge is -1.93. The van der Waals surface area contributed by atoms with E-state index in [1.54, 1.807) is 12.1 Å². The van der Waals surface area contributed by atoms with Gasteiger partial charge in [0.1, 0.15) is 6.54 Å². The Morgan fingerprint density at radius 1 is 1.43 bits per heavy atom. The van der Waals surface area contributed by atoms with E-state index in [9.17, 15) is 4.79 Å². The molecule has 1 aromatic rings. The Hall–Kier alpha value is -2.08. The summed E-state index contributed by atoms with van der Waals surface area (Å²) in [4.78, 5) is 11.4. The van der Waals surface area contributed by atoms with Crippen LogP contribution in [-0.2, 0) is 0 Å². The molecule has 0 aliphatic heterocycles. The van der Waals surface area contributed by atoms with Gasteiger partial charge in [-0.05, 0) is 0 Å². The quantitative estimate of drug-likeness (QED) is 0.335. The molecule has 0 amide bonds. The Bertz CT molecular complexity index is 363. The van der Waals surface area contributed by atoms with Crippen LogP contribution in [-0.4, -0.2) is 12.3 Å². The van der Waals surface area contributed by atoms with Gasteiger partial charge >= 0.3 is 0 Å². The fourth-order valence-electron chi connectivity index (χ4n) is 0.938. The van der Waals surface area contributed by atoms with Crippen molar-refractivity contribution in [3.63, 3.8) is 0 Å². The van der Waals surface area contributed by atoms with Crippen molar-refractivity contribution in [3.05, 3.63) is 48.2 Å². The van der Waals surface area contributed by atoms with E-state index in [1.165, 1.54) is 12.3 Å². The second kappa shape index (κ2) is 5.55. The second-order valence-electron chi connectivity index (χ2n) is 2.60. The molecule has 1 aromatic carbocycles. The van der Waals surface area contributed by atoms with Crippen LogP contribution in [0.1, 0.15) is 10.4 Å². The van der Waals surface area contributed by atoms with E-state index >= 15 is 0 Å². The second-order valence-corrected chi connectivity index (χ2v) is 2.60. The lowest BCUT2D eigenvalue weighted by molar-refractivity contribution is 0.104. The minimum Gasteiger partial charge on any atom is -0.378 e. The Morgan fingerprint density at radius 2 is 2.14 bits per heavy atom. The number of hydrogen-bond acceptors (Lipinski definition) is 3. The summed E-state index contributed by atoms with van der Waals surface area (Å²) < 4.78 is 0. The predicted octanol–water partition coefficient (Wildman–Crippen LogP) is 1.50. The first-order chi connectivity index (χ1) is 6.84. The molecule has 0 aliphatic carbocycles. The molecule has 1 rings (SSSR count). The third-order valence-corrected chi connectivity index (χ3v) is 1.59. The number of carbonyl (C=O) groups excluding carboxylic acids is 1. The largest absolute Gasteiger partial charge is 0.378 e. The van der Waals surface area contributed by atoms with Gasteiger partial charge < -0.3 is 5.32 Å². The predicted molar refractivity (Wildman–Crippen MR) is 53.5 cm³/mol. The lowest BCUT2D eigenvalue weighted by Crippen LogP contribution is -2.05. The number of allylic oxidation sites excluding steroid dienone is 1. The minimum atomic E-state index is -0.0731. The molecule has 0 heterocycles. The molecule has 0 atom stereocenters. The molecule has 0 saturated carbocycles. The zero-order valence-electron chi connectivity index (χ0n) is 7.60. The number of carbonyl (C=O) groups is 1.